The lowest BCUT2D eigenvalue weighted by Crippen LogP contribution is -2.05. The normalized spacial score (nSPS) is 12.4. The fourth-order valence-electron chi connectivity index (χ4n) is 1.37. The zero-order chi connectivity index (χ0) is 11.4. The van der Waals surface area contributed by atoms with Gasteiger partial charge < -0.3 is 5.73 Å². The summed E-state index contributed by atoms with van der Waals surface area (Å²) in [5.74, 6) is 0. The maximum atomic E-state index is 6.10. The SMILES string of the molecule is NC(Sc1ccccc1)c1ccc(Cl)cc1. The molecule has 3 heteroatoms. The van der Waals surface area contributed by atoms with Gasteiger partial charge in [-0.15, -0.1) is 11.8 Å². The number of hydrogen-bond donors (Lipinski definition) is 1. The molecule has 82 valence electrons. The van der Waals surface area contributed by atoms with Crippen LogP contribution < -0.4 is 5.73 Å². The minimum absolute atomic E-state index is 0.0559. The molecule has 0 radical (unpaired) electrons. The van der Waals surface area contributed by atoms with Crippen LogP contribution in [-0.2, 0) is 0 Å². The molecule has 16 heavy (non-hydrogen) atoms. The van der Waals surface area contributed by atoms with Crippen LogP contribution in [0.25, 0.3) is 0 Å². The van der Waals surface area contributed by atoms with Crippen LogP contribution in [0, 0.1) is 0 Å². The van der Waals surface area contributed by atoms with Gasteiger partial charge in [-0.25, -0.2) is 0 Å². The smallest absolute Gasteiger partial charge is 0.0811 e. The van der Waals surface area contributed by atoms with Gasteiger partial charge in [0.15, 0.2) is 0 Å². The lowest BCUT2D eigenvalue weighted by Gasteiger charge is -2.11. The molecular weight excluding hydrogens is 238 g/mol. The Hall–Kier alpha value is -0.960. The van der Waals surface area contributed by atoms with Crippen LogP contribution in [0.5, 0.6) is 0 Å². The third-order valence-corrected chi connectivity index (χ3v) is 3.53. The van der Waals surface area contributed by atoms with Crippen LogP contribution in [0.1, 0.15) is 10.9 Å². The number of rotatable bonds is 3. The Kier molecular flexibility index (Phi) is 3.88. The zero-order valence-electron chi connectivity index (χ0n) is 8.64. The van der Waals surface area contributed by atoms with Gasteiger partial charge in [-0.1, -0.05) is 41.9 Å². The van der Waals surface area contributed by atoms with Crippen LogP contribution >= 0.6 is 23.4 Å². The zero-order valence-corrected chi connectivity index (χ0v) is 10.2. The van der Waals surface area contributed by atoms with Gasteiger partial charge in [0.05, 0.1) is 5.37 Å². The van der Waals surface area contributed by atoms with E-state index in [9.17, 15) is 0 Å². The second kappa shape index (κ2) is 5.39. The van der Waals surface area contributed by atoms with E-state index < -0.39 is 0 Å². The first-order valence-corrected chi connectivity index (χ1v) is 6.24. The molecular formula is C13H12ClNS. The Morgan fingerprint density at radius 3 is 2.19 bits per heavy atom. The summed E-state index contributed by atoms with van der Waals surface area (Å²) in [4.78, 5) is 1.17. The average Bonchev–Trinajstić information content (AvgIpc) is 2.31. The molecule has 0 saturated carbocycles. The van der Waals surface area contributed by atoms with E-state index in [0.29, 0.717) is 0 Å². The summed E-state index contributed by atoms with van der Waals surface area (Å²) in [6.07, 6.45) is 0. The summed E-state index contributed by atoms with van der Waals surface area (Å²) in [6, 6.07) is 17.8. The second-order valence-corrected chi connectivity index (χ2v) is 5.05. The predicted molar refractivity (Wildman–Crippen MR) is 70.7 cm³/mol. The summed E-state index contributed by atoms with van der Waals surface area (Å²) in [5, 5.41) is 0.681. The van der Waals surface area contributed by atoms with Gasteiger partial charge in [0.2, 0.25) is 0 Å². The molecule has 0 bridgehead atoms. The Bertz CT molecular complexity index is 441. The van der Waals surface area contributed by atoms with E-state index in [2.05, 4.69) is 12.1 Å². The Morgan fingerprint density at radius 1 is 0.938 bits per heavy atom. The molecule has 2 aromatic carbocycles. The maximum absolute atomic E-state index is 6.10. The van der Waals surface area contributed by atoms with Gasteiger partial charge in [0, 0.05) is 9.92 Å². The largest absolute Gasteiger partial charge is 0.315 e. The summed E-state index contributed by atoms with van der Waals surface area (Å²) in [7, 11) is 0. The second-order valence-electron chi connectivity index (χ2n) is 3.40. The van der Waals surface area contributed by atoms with Crippen molar-refractivity contribution < 1.29 is 0 Å². The van der Waals surface area contributed by atoms with Crippen LogP contribution in [0.2, 0.25) is 5.02 Å². The van der Waals surface area contributed by atoms with Gasteiger partial charge >= 0.3 is 0 Å². The molecule has 2 aromatic rings. The van der Waals surface area contributed by atoms with Gasteiger partial charge in [-0.3, -0.25) is 0 Å². The lowest BCUT2D eigenvalue weighted by atomic mass is 10.2. The first kappa shape index (κ1) is 11.5. The van der Waals surface area contributed by atoms with E-state index in [0.717, 1.165) is 10.6 Å². The maximum Gasteiger partial charge on any atom is 0.0811 e. The molecule has 2 rings (SSSR count). The van der Waals surface area contributed by atoms with Crippen molar-refractivity contribution in [2.45, 2.75) is 10.3 Å². The molecule has 0 amide bonds. The monoisotopic (exact) mass is 249 g/mol. The summed E-state index contributed by atoms with van der Waals surface area (Å²) in [5.41, 5.74) is 7.18. The number of benzene rings is 2. The predicted octanol–water partition coefficient (Wildman–Crippen LogP) is 4.09. The molecule has 0 aliphatic carbocycles. The quantitative estimate of drug-likeness (QED) is 0.655. The molecule has 0 saturated heterocycles. The Balaban J connectivity index is 2.09. The van der Waals surface area contributed by atoms with Crippen molar-refractivity contribution in [1.29, 1.82) is 0 Å². The minimum Gasteiger partial charge on any atom is -0.315 e. The van der Waals surface area contributed by atoms with E-state index in [-0.39, 0.29) is 5.37 Å². The number of halogens is 1. The van der Waals surface area contributed by atoms with Gasteiger partial charge in [0.1, 0.15) is 0 Å². The summed E-state index contributed by atoms with van der Waals surface area (Å²) < 4.78 is 0. The highest BCUT2D eigenvalue weighted by atomic mass is 35.5. The van der Waals surface area contributed by atoms with E-state index in [1.165, 1.54) is 4.90 Å². The van der Waals surface area contributed by atoms with E-state index in [4.69, 9.17) is 17.3 Å². The van der Waals surface area contributed by atoms with Crippen molar-refractivity contribution in [2.24, 2.45) is 5.73 Å². The van der Waals surface area contributed by atoms with Crippen molar-refractivity contribution in [3.05, 3.63) is 65.2 Å². The van der Waals surface area contributed by atoms with Crippen molar-refractivity contribution in [1.82, 2.24) is 0 Å². The molecule has 0 aliphatic rings. The van der Waals surface area contributed by atoms with E-state index >= 15 is 0 Å². The summed E-state index contributed by atoms with van der Waals surface area (Å²) in [6.45, 7) is 0. The highest BCUT2D eigenvalue weighted by Gasteiger charge is 2.06. The highest BCUT2D eigenvalue weighted by molar-refractivity contribution is 7.99. The molecule has 0 fully saturated rings. The van der Waals surface area contributed by atoms with Gasteiger partial charge in [-0.2, -0.15) is 0 Å². The Labute approximate surface area is 105 Å². The van der Waals surface area contributed by atoms with Crippen LogP contribution in [0.4, 0.5) is 0 Å². The van der Waals surface area contributed by atoms with Crippen molar-refractivity contribution >= 4 is 23.4 Å². The van der Waals surface area contributed by atoms with Gasteiger partial charge in [0.25, 0.3) is 0 Å². The van der Waals surface area contributed by atoms with Gasteiger partial charge in [-0.05, 0) is 29.8 Å². The Morgan fingerprint density at radius 2 is 1.56 bits per heavy atom. The number of thioether (sulfide) groups is 1. The van der Waals surface area contributed by atoms with E-state index in [1.807, 2.05) is 42.5 Å². The van der Waals surface area contributed by atoms with Crippen LogP contribution in [0.15, 0.2) is 59.5 Å². The first-order chi connectivity index (χ1) is 7.75. The third-order valence-electron chi connectivity index (χ3n) is 2.20. The molecule has 2 N–H and O–H groups in total. The molecule has 0 spiro atoms. The van der Waals surface area contributed by atoms with Crippen LogP contribution in [0.3, 0.4) is 0 Å². The number of hydrogen-bond acceptors (Lipinski definition) is 2. The summed E-state index contributed by atoms with van der Waals surface area (Å²) >= 11 is 7.47. The average molecular weight is 250 g/mol. The minimum atomic E-state index is -0.0559. The molecule has 1 atom stereocenters. The first-order valence-electron chi connectivity index (χ1n) is 4.98. The molecule has 1 unspecified atom stereocenters. The standard InChI is InChI=1S/C13H12ClNS/c14-11-8-6-10(7-9-11)13(15)16-12-4-2-1-3-5-12/h1-9,13H,15H2. The topological polar surface area (TPSA) is 26.0 Å². The fraction of sp³-hybridized carbons (Fsp3) is 0.0769. The molecule has 0 heterocycles. The van der Waals surface area contributed by atoms with Crippen molar-refractivity contribution in [3.8, 4) is 0 Å². The third kappa shape index (κ3) is 3.01. The lowest BCUT2D eigenvalue weighted by molar-refractivity contribution is 1.03. The highest BCUT2D eigenvalue weighted by Crippen LogP contribution is 2.31. The van der Waals surface area contributed by atoms with Crippen molar-refractivity contribution in [2.75, 3.05) is 0 Å². The van der Waals surface area contributed by atoms with E-state index in [1.54, 1.807) is 11.8 Å². The molecule has 0 aromatic heterocycles. The molecule has 0 aliphatic heterocycles. The van der Waals surface area contributed by atoms with Crippen LogP contribution in [-0.4, -0.2) is 0 Å². The van der Waals surface area contributed by atoms with Crippen molar-refractivity contribution in [3.63, 3.8) is 0 Å². The molecule has 1 nitrogen and oxygen atoms in total. The fourth-order valence-corrected chi connectivity index (χ4v) is 2.39. The number of nitrogens with two attached hydrogens (primary N) is 1.